The highest BCUT2D eigenvalue weighted by molar-refractivity contribution is 9.10. The molecule has 0 atom stereocenters. The maximum absolute atomic E-state index is 5.72. The smallest absolute Gasteiger partial charge is 0.0801 e. The van der Waals surface area contributed by atoms with Crippen molar-refractivity contribution in [3.05, 3.63) is 139 Å². The monoisotopic (exact) mass is 953 g/mol. The molecule has 3 aromatic carbocycles. The zero-order chi connectivity index (χ0) is 49.0. The molecule has 0 saturated heterocycles. The minimum atomic E-state index is -0.0777. The average molecular weight is 954 g/mol. The van der Waals surface area contributed by atoms with Crippen LogP contribution in [0, 0.1) is 0 Å². The molecule has 6 aromatic rings. The van der Waals surface area contributed by atoms with Gasteiger partial charge in [0.2, 0.25) is 0 Å². The number of aromatic amines is 2. The molecular weight excluding hydrogens is 881 g/mol. The molecule has 0 saturated carbocycles. The van der Waals surface area contributed by atoms with E-state index < -0.39 is 0 Å². The quantitative estimate of drug-likeness (QED) is 0.185. The number of benzene rings is 3. The van der Waals surface area contributed by atoms with Gasteiger partial charge in [0.25, 0.3) is 0 Å². The van der Waals surface area contributed by atoms with Crippen molar-refractivity contribution < 1.29 is 0 Å². The second-order valence-electron chi connectivity index (χ2n) is 25.3. The lowest BCUT2D eigenvalue weighted by molar-refractivity contribution is 0.568. The maximum atomic E-state index is 5.72. The van der Waals surface area contributed by atoms with Crippen molar-refractivity contribution in [1.82, 2.24) is 19.9 Å². The van der Waals surface area contributed by atoms with Gasteiger partial charge in [0, 0.05) is 33.2 Å². The molecule has 0 spiro atoms. The topological polar surface area (TPSA) is 57.4 Å². The van der Waals surface area contributed by atoms with Gasteiger partial charge in [0.1, 0.15) is 0 Å². The van der Waals surface area contributed by atoms with Crippen molar-refractivity contribution in [3.63, 3.8) is 0 Å². The first-order valence-electron chi connectivity index (χ1n) is 24.2. The number of aromatic nitrogens is 4. The predicted octanol–water partition coefficient (Wildman–Crippen LogP) is 18.2. The van der Waals surface area contributed by atoms with E-state index >= 15 is 0 Å². The molecule has 0 amide bonds. The molecular formula is C62H73BrN4. The SMILES string of the molecule is CC(C)(C)c1cc(-c2c3nc(c(-c4cc(C(C)(C)C)cc(C(C)(C)C)c4)c4ccc([nH]4)c(-c4cc(C(C)(C)C)cc(C(C)(C)C)c4)c4nc(c(Br)c5ccc2[nH]5)C=C4)C=C3)cc(C(C)(C)C)c1. The molecule has 8 rings (SSSR count). The molecule has 5 heterocycles. The first-order valence-corrected chi connectivity index (χ1v) is 25.0. The Hall–Kier alpha value is -5.26. The van der Waals surface area contributed by atoms with Crippen LogP contribution >= 0.6 is 15.9 Å². The zero-order valence-electron chi connectivity index (χ0n) is 43.6. The summed E-state index contributed by atoms with van der Waals surface area (Å²) in [5.74, 6) is 0. The standard InChI is InChI=1S/C62H73BrN4/c1-57(2,3)39-27-36(28-40(33-39)58(4,5)6)53-45-19-21-47(64-45)54(37-29-41(59(7,8)9)34-42(30-37)60(10,11)12)49-23-25-51(66-49)56(63)52-26-24-50(67-52)55(48-22-20-46(53)65-48)38-31-43(61(13,14)15)35-44(32-38)62(16,17)18/h19-35,64,67H,1-18H3. The molecule has 67 heavy (non-hydrogen) atoms. The Morgan fingerprint density at radius 1 is 0.313 bits per heavy atom. The molecule has 0 aliphatic carbocycles. The lowest BCUT2D eigenvalue weighted by Gasteiger charge is -2.26. The van der Waals surface area contributed by atoms with E-state index in [1.807, 2.05) is 0 Å². The van der Waals surface area contributed by atoms with E-state index in [-0.39, 0.29) is 32.5 Å². The largest absolute Gasteiger partial charge is 0.354 e. The number of H-pyrrole nitrogens is 2. The van der Waals surface area contributed by atoms with Crippen molar-refractivity contribution in [1.29, 1.82) is 0 Å². The third kappa shape index (κ3) is 9.73. The summed E-state index contributed by atoms with van der Waals surface area (Å²) in [5, 5.41) is 0. The maximum Gasteiger partial charge on any atom is 0.0801 e. The number of hydrogen-bond donors (Lipinski definition) is 2. The Balaban J connectivity index is 1.59. The predicted molar refractivity (Wildman–Crippen MR) is 295 cm³/mol. The summed E-state index contributed by atoms with van der Waals surface area (Å²) in [4.78, 5) is 19.1. The summed E-state index contributed by atoms with van der Waals surface area (Å²) < 4.78 is 0.903. The molecule has 8 bridgehead atoms. The van der Waals surface area contributed by atoms with Crippen LogP contribution in [0.2, 0.25) is 0 Å². The number of rotatable bonds is 3. The molecule has 5 heteroatoms. The van der Waals surface area contributed by atoms with Gasteiger partial charge < -0.3 is 9.97 Å². The summed E-state index contributed by atoms with van der Waals surface area (Å²) in [7, 11) is 0. The van der Waals surface area contributed by atoms with Crippen LogP contribution in [0.3, 0.4) is 0 Å². The zero-order valence-corrected chi connectivity index (χ0v) is 45.2. The Labute approximate surface area is 410 Å². The molecule has 2 aliphatic heterocycles. The van der Waals surface area contributed by atoms with Gasteiger partial charge in [0.15, 0.2) is 0 Å². The van der Waals surface area contributed by atoms with Crippen LogP contribution in [0.5, 0.6) is 0 Å². The van der Waals surface area contributed by atoms with Gasteiger partial charge in [-0.15, -0.1) is 0 Å². The van der Waals surface area contributed by atoms with E-state index in [0.717, 1.165) is 82.7 Å². The minimum absolute atomic E-state index is 0.0638. The normalized spacial score (nSPS) is 13.8. The molecule has 2 aliphatic rings. The molecule has 4 nitrogen and oxygen atoms in total. The van der Waals surface area contributed by atoms with Gasteiger partial charge in [-0.3, -0.25) is 0 Å². The fraction of sp³-hybridized carbons (Fsp3) is 0.387. The van der Waals surface area contributed by atoms with Crippen molar-refractivity contribution in [2.75, 3.05) is 0 Å². The highest BCUT2D eigenvalue weighted by atomic mass is 79.9. The summed E-state index contributed by atoms with van der Waals surface area (Å²) in [6.45, 7) is 41.5. The van der Waals surface area contributed by atoms with Gasteiger partial charge in [-0.25, -0.2) is 9.97 Å². The van der Waals surface area contributed by atoms with Crippen molar-refractivity contribution in [2.45, 2.75) is 157 Å². The lowest BCUT2D eigenvalue weighted by Crippen LogP contribution is -2.16. The van der Waals surface area contributed by atoms with Gasteiger partial charge in [-0.05, 0) is 147 Å². The third-order valence-corrected chi connectivity index (χ3v) is 14.4. The highest BCUT2D eigenvalue weighted by Gasteiger charge is 2.27. The number of hydrogen-bond acceptors (Lipinski definition) is 2. The number of halogens is 1. The fourth-order valence-electron chi connectivity index (χ4n) is 9.00. The van der Waals surface area contributed by atoms with Gasteiger partial charge >= 0.3 is 0 Å². The highest BCUT2D eigenvalue weighted by Crippen LogP contribution is 2.43. The van der Waals surface area contributed by atoms with Gasteiger partial charge in [-0.2, -0.15) is 0 Å². The molecule has 0 fully saturated rings. The van der Waals surface area contributed by atoms with E-state index in [0.29, 0.717) is 0 Å². The summed E-state index contributed by atoms with van der Waals surface area (Å²) in [6.07, 6.45) is 8.77. The van der Waals surface area contributed by atoms with Crippen molar-refractivity contribution >= 4 is 62.3 Å². The van der Waals surface area contributed by atoms with Crippen LogP contribution in [0.4, 0.5) is 0 Å². The molecule has 348 valence electrons. The van der Waals surface area contributed by atoms with Crippen LogP contribution in [0.25, 0.3) is 79.8 Å². The average Bonchev–Trinajstić information content (AvgIpc) is 4.05. The van der Waals surface area contributed by atoms with Crippen molar-refractivity contribution in [3.8, 4) is 33.4 Å². The number of fused-ring (bicyclic) bond motifs is 8. The summed E-state index contributed by atoms with van der Waals surface area (Å²) in [6, 6.07) is 30.4. The van der Waals surface area contributed by atoms with E-state index in [4.69, 9.17) is 9.97 Å². The molecule has 2 N–H and O–H groups in total. The van der Waals surface area contributed by atoms with Gasteiger partial charge in [0.05, 0.1) is 32.8 Å². The Bertz CT molecular complexity index is 3010. The van der Waals surface area contributed by atoms with Gasteiger partial charge in [-0.1, -0.05) is 179 Å². The van der Waals surface area contributed by atoms with E-state index in [1.54, 1.807) is 0 Å². The molecule has 0 radical (unpaired) electrons. The first-order chi connectivity index (χ1) is 30.9. The summed E-state index contributed by atoms with van der Waals surface area (Å²) in [5.41, 5.74) is 21.5. The van der Waals surface area contributed by atoms with Crippen LogP contribution in [-0.4, -0.2) is 19.9 Å². The van der Waals surface area contributed by atoms with E-state index in [2.05, 4.69) is 254 Å². The summed E-state index contributed by atoms with van der Waals surface area (Å²) >= 11 is 4.05. The van der Waals surface area contributed by atoms with Crippen LogP contribution < -0.4 is 0 Å². The van der Waals surface area contributed by atoms with Crippen LogP contribution in [-0.2, 0) is 32.5 Å². The Morgan fingerprint density at radius 3 is 0.806 bits per heavy atom. The number of nitrogens with one attached hydrogen (secondary N) is 2. The van der Waals surface area contributed by atoms with Crippen molar-refractivity contribution in [2.24, 2.45) is 0 Å². The minimum Gasteiger partial charge on any atom is -0.354 e. The van der Waals surface area contributed by atoms with E-state index in [9.17, 15) is 0 Å². The second kappa shape index (κ2) is 16.5. The molecule has 3 aromatic heterocycles. The van der Waals surface area contributed by atoms with E-state index in [1.165, 1.54) is 33.4 Å². The number of nitrogens with zero attached hydrogens (tertiary/aromatic N) is 2. The first kappa shape index (κ1) is 48.2. The lowest BCUT2D eigenvalue weighted by atomic mass is 9.78. The Morgan fingerprint density at radius 2 is 0.537 bits per heavy atom. The fourth-order valence-corrected chi connectivity index (χ4v) is 9.45. The third-order valence-electron chi connectivity index (χ3n) is 13.6. The van der Waals surface area contributed by atoms with Crippen LogP contribution in [0.1, 0.15) is 181 Å². The Kier molecular flexibility index (Phi) is 11.8. The molecule has 0 unspecified atom stereocenters. The van der Waals surface area contributed by atoms with Crippen LogP contribution in [0.15, 0.2) is 83.3 Å². The second-order valence-corrected chi connectivity index (χ2v) is 26.1.